The Bertz CT molecular complexity index is 551. The molecule has 1 saturated heterocycles. The number of rotatable bonds is 10. The van der Waals surface area contributed by atoms with Gasteiger partial charge in [0.1, 0.15) is 0 Å². The number of carbonyl (C=O) groups excluding carboxylic acids is 1. The number of ether oxygens (including phenoxy) is 2. The normalized spacial score (nSPS) is 16.5. The van der Waals surface area contributed by atoms with Crippen molar-refractivity contribution in [1.29, 1.82) is 0 Å². The van der Waals surface area contributed by atoms with Crippen molar-refractivity contribution < 1.29 is 14.3 Å². The molecule has 0 bridgehead atoms. The van der Waals surface area contributed by atoms with Crippen LogP contribution in [0.25, 0.3) is 0 Å². The summed E-state index contributed by atoms with van der Waals surface area (Å²) >= 11 is 0. The zero-order valence-electron chi connectivity index (χ0n) is 15.9. The zero-order valence-corrected chi connectivity index (χ0v) is 18.2. The molecule has 0 aromatic heterocycles. The molecular formula is C19H31IN4O3. The topological polar surface area (TPSA) is 84.0 Å². The molecule has 1 heterocycles. The highest BCUT2D eigenvalue weighted by Crippen LogP contribution is 2.08. The smallest absolute Gasteiger partial charge is 0.251 e. The fourth-order valence-corrected chi connectivity index (χ4v) is 2.54. The Morgan fingerprint density at radius 1 is 1.22 bits per heavy atom. The van der Waals surface area contributed by atoms with Crippen molar-refractivity contribution >= 4 is 35.8 Å². The highest BCUT2D eigenvalue weighted by molar-refractivity contribution is 14.0. The molecule has 3 N–H and O–H groups in total. The molecule has 1 unspecified atom stereocenters. The minimum atomic E-state index is -0.0672. The van der Waals surface area contributed by atoms with E-state index in [9.17, 15) is 4.79 Å². The summed E-state index contributed by atoms with van der Waals surface area (Å²) in [6.45, 7) is 6.86. The van der Waals surface area contributed by atoms with E-state index in [4.69, 9.17) is 9.47 Å². The predicted octanol–water partition coefficient (Wildman–Crippen LogP) is 1.79. The van der Waals surface area contributed by atoms with Crippen LogP contribution in [0.4, 0.5) is 0 Å². The van der Waals surface area contributed by atoms with E-state index < -0.39 is 0 Å². The molecule has 1 aromatic carbocycles. The van der Waals surface area contributed by atoms with Crippen LogP contribution >= 0.6 is 24.0 Å². The highest BCUT2D eigenvalue weighted by Gasteiger charge is 2.15. The van der Waals surface area contributed by atoms with E-state index in [0.717, 1.165) is 32.0 Å². The fraction of sp³-hybridized carbons (Fsp3) is 0.579. The molecule has 0 radical (unpaired) electrons. The van der Waals surface area contributed by atoms with E-state index in [-0.39, 0.29) is 36.0 Å². The van der Waals surface area contributed by atoms with Crippen molar-refractivity contribution in [3.63, 3.8) is 0 Å². The Kier molecular flexibility index (Phi) is 12.8. The largest absolute Gasteiger partial charge is 0.379 e. The first-order valence-electron chi connectivity index (χ1n) is 9.34. The quantitative estimate of drug-likeness (QED) is 0.202. The third-order valence-corrected chi connectivity index (χ3v) is 3.90. The minimum absolute atomic E-state index is 0. The molecule has 8 heteroatoms. The third-order valence-electron chi connectivity index (χ3n) is 3.90. The Morgan fingerprint density at radius 2 is 2.00 bits per heavy atom. The summed E-state index contributed by atoms with van der Waals surface area (Å²) in [4.78, 5) is 16.5. The van der Waals surface area contributed by atoms with Gasteiger partial charge in [-0.1, -0.05) is 18.2 Å². The first-order chi connectivity index (χ1) is 12.8. The summed E-state index contributed by atoms with van der Waals surface area (Å²) in [5.74, 6) is 0.688. The Morgan fingerprint density at radius 3 is 2.70 bits per heavy atom. The number of hydrogen-bond acceptors (Lipinski definition) is 4. The second-order valence-electron chi connectivity index (χ2n) is 6.02. The van der Waals surface area contributed by atoms with Gasteiger partial charge in [-0.3, -0.25) is 9.79 Å². The van der Waals surface area contributed by atoms with Gasteiger partial charge >= 0.3 is 0 Å². The molecule has 1 amide bonds. The number of nitrogens with one attached hydrogen (secondary N) is 3. The molecule has 1 aliphatic heterocycles. The molecule has 1 aromatic rings. The van der Waals surface area contributed by atoms with Gasteiger partial charge in [0.05, 0.1) is 12.7 Å². The number of aliphatic imine (C=N–C) groups is 1. The van der Waals surface area contributed by atoms with Gasteiger partial charge in [0.2, 0.25) is 0 Å². The van der Waals surface area contributed by atoms with Crippen LogP contribution in [0, 0.1) is 0 Å². The maximum atomic E-state index is 12.0. The lowest BCUT2D eigenvalue weighted by atomic mass is 10.2. The van der Waals surface area contributed by atoms with Crippen LogP contribution in [0.1, 0.15) is 30.1 Å². The van der Waals surface area contributed by atoms with Crippen LogP contribution in [0.3, 0.4) is 0 Å². The summed E-state index contributed by atoms with van der Waals surface area (Å²) in [6, 6.07) is 9.20. The lowest BCUT2D eigenvalue weighted by Crippen LogP contribution is -2.41. The van der Waals surface area contributed by atoms with Crippen molar-refractivity contribution in [2.75, 3.05) is 46.0 Å². The van der Waals surface area contributed by atoms with Gasteiger partial charge < -0.3 is 25.4 Å². The highest BCUT2D eigenvalue weighted by atomic mass is 127. The average molecular weight is 490 g/mol. The number of carbonyl (C=O) groups is 1. The van der Waals surface area contributed by atoms with E-state index in [1.165, 1.54) is 0 Å². The van der Waals surface area contributed by atoms with Crippen LogP contribution in [0.15, 0.2) is 35.3 Å². The Hall–Kier alpha value is -1.39. The summed E-state index contributed by atoms with van der Waals surface area (Å²) in [7, 11) is 0. The molecule has 2 rings (SSSR count). The molecule has 27 heavy (non-hydrogen) atoms. The summed E-state index contributed by atoms with van der Waals surface area (Å²) < 4.78 is 11.0. The second-order valence-corrected chi connectivity index (χ2v) is 6.02. The number of benzene rings is 1. The van der Waals surface area contributed by atoms with Crippen molar-refractivity contribution in [2.24, 2.45) is 4.99 Å². The molecule has 7 nitrogen and oxygen atoms in total. The maximum absolute atomic E-state index is 12.0. The molecule has 0 aliphatic carbocycles. The molecule has 0 spiro atoms. The predicted molar refractivity (Wildman–Crippen MR) is 118 cm³/mol. The van der Waals surface area contributed by atoms with E-state index in [0.29, 0.717) is 38.4 Å². The van der Waals surface area contributed by atoms with Gasteiger partial charge in [0.25, 0.3) is 5.91 Å². The van der Waals surface area contributed by atoms with Crippen molar-refractivity contribution in [1.82, 2.24) is 16.0 Å². The zero-order chi connectivity index (χ0) is 18.5. The number of amides is 1. The first-order valence-corrected chi connectivity index (χ1v) is 9.34. The lowest BCUT2D eigenvalue weighted by molar-refractivity contribution is 0.0424. The van der Waals surface area contributed by atoms with Gasteiger partial charge in [-0.2, -0.15) is 0 Å². The van der Waals surface area contributed by atoms with E-state index in [2.05, 4.69) is 20.9 Å². The Labute approximate surface area is 178 Å². The number of hydrogen-bond donors (Lipinski definition) is 3. The second kappa shape index (κ2) is 14.6. The standard InChI is InChI=1S/C19H30N4O3.HI/c1-2-20-19(22-10-6-13-26-17-9-14-25-15-17)23-12-11-21-18(24)16-7-4-3-5-8-16;/h3-5,7-8,17H,2,6,9-15H2,1H3,(H,21,24)(H2,20,22,23);1H. The first kappa shape index (κ1) is 23.6. The summed E-state index contributed by atoms with van der Waals surface area (Å²) in [6.07, 6.45) is 2.11. The van der Waals surface area contributed by atoms with Crippen LogP contribution in [-0.4, -0.2) is 64.0 Å². The van der Waals surface area contributed by atoms with E-state index in [1.54, 1.807) is 12.1 Å². The van der Waals surface area contributed by atoms with E-state index >= 15 is 0 Å². The average Bonchev–Trinajstić information content (AvgIpc) is 3.18. The fourth-order valence-electron chi connectivity index (χ4n) is 2.54. The third kappa shape index (κ3) is 9.92. The minimum Gasteiger partial charge on any atom is -0.379 e. The maximum Gasteiger partial charge on any atom is 0.251 e. The van der Waals surface area contributed by atoms with Crippen molar-refractivity contribution in [3.8, 4) is 0 Å². The van der Waals surface area contributed by atoms with Crippen molar-refractivity contribution in [3.05, 3.63) is 35.9 Å². The molecule has 1 atom stereocenters. The number of nitrogens with zero attached hydrogens (tertiary/aromatic N) is 1. The molecule has 1 aliphatic rings. The van der Waals surface area contributed by atoms with Gasteiger partial charge in [-0.25, -0.2) is 0 Å². The molecule has 1 fully saturated rings. The van der Waals surface area contributed by atoms with Crippen LogP contribution < -0.4 is 16.0 Å². The Balaban J connectivity index is 0.00000364. The lowest BCUT2D eigenvalue weighted by Gasteiger charge is -2.12. The molecule has 0 saturated carbocycles. The van der Waals surface area contributed by atoms with Crippen LogP contribution in [0.2, 0.25) is 0 Å². The van der Waals surface area contributed by atoms with Gasteiger partial charge in [0.15, 0.2) is 5.96 Å². The number of halogens is 1. The van der Waals surface area contributed by atoms with Gasteiger partial charge in [-0.15, -0.1) is 24.0 Å². The van der Waals surface area contributed by atoms with Crippen molar-refractivity contribution in [2.45, 2.75) is 25.9 Å². The monoisotopic (exact) mass is 490 g/mol. The summed E-state index contributed by atoms with van der Waals surface area (Å²) in [5.41, 5.74) is 0.667. The van der Waals surface area contributed by atoms with Gasteiger partial charge in [0, 0.05) is 45.0 Å². The number of guanidine groups is 1. The van der Waals surface area contributed by atoms with Gasteiger partial charge in [-0.05, 0) is 31.9 Å². The van der Waals surface area contributed by atoms with Crippen LogP contribution in [-0.2, 0) is 9.47 Å². The summed E-state index contributed by atoms with van der Waals surface area (Å²) in [5, 5.41) is 9.31. The molecule has 152 valence electrons. The molecular weight excluding hydrogens is 459 g/mol. The van der Waals surface area contributed by atoms with Crippen LogP contribution in [0.5, 0.6) is 0 Å². The SMILES string of the molecule is CCNC(=NCCCOC1CCOC1)NCCNC(=O)c1ccccc1.I. The van der Waals surface area contributed by atoms with E-state index in [1.807, 2.05) is 25.1 Å².